The first-order valence-electron chi connectivity index (χ1n) is 21.1. The smallest absolute Gasteiger partial charge is 0.413 e. The highest BCUT2D eigenvalue weighted by Gasteiger charge is 2.48. The van der Waals surface area contributed by atoms with Gasteiger partial charge >= 0.3 is 6.09 Å². The molecule has 1 saturated carbocycles. The zero-order valence-corrected chi connectivity index (χ0v) is 33.6. The number of fused-ring (bicyclic) bond motifs is 3. The van der Waals surface area contributed by atoms with Crippen LogP contribution in [0.4, 0.5) is 26.5 Å². The Bertz CT molecular complexity index is 2410. The van der Waals surface area contributed by atoms with Crippen molar-refractivity contribution in [1.82, 2.24) is 30.1 Å². The number of anilines is 3. The van der Waals surface area contributed by atoms with Gasteiger partial charge in [-0.25, -0.2) is 24.1 Å². The van der Waals surface area contributed by atoms with Crippen molar-refractivity contribution in [2.75, 3.05) is 61.4 Å². The monoisotopic (exact) mass is 817 g/mol. The van der Waals surface area contributed by atoms with E-state index in [0.29, 0.717) is 65.0 Å². The van der Waals surface area contributed by atoms with E-state index in [4.69, 9.17) is 14.5 Å². The zero-order valence-electron chi connectivity index (χ0n) is 33.6. The quantitative estimate of drug-likeness (QED) is 0.203. The van der Waals surface area contributed by atoms with Gasteiger partial charge in [-0.1, -0.05) is 0 Å². The van der Waals surface area contributed by atoms with Crippen LogP contribution in [0.15, 0.2) is 42.7 Å². The van der Waals surface area contributed by atoms with E-state index in [1.54, 1.807) is 29.4 Å². The molecular formula is C44H48FN9O6. The Labute approximate surface area is 346 Å². The Morgan fingerprint density at radius 1 is 0.983 bits per heavy atom. The Morgan fingerprint density at radius 2 is 1.80 bits per heavy atom. The maximum absolute atomic E-state index is 15.3. The molecular weight excluding hydrogens is 770 g/mol. The maximum Gasteiger partial charge on any atom is 0.413 e. The minimum absolute atomic E-state index is 0.134. The van der Waals surface area contributed by atoms with E-state index >= 15 is 4.39 Å². The fourth-order valence-corrected chi connectivity index (χ4v) is 10.1. The first-order valence-corrected chi connectivity index (χ1v) is 21.1. The average Bonchev–Trinajstić information content (AvgIpc) is 3.56. The molecule has 1 spiro atoms. The lowest BCUT2D eigenvalue weighted by Crippen LogP contribution is -2.52. The molecule has 1 unspecified atom stereocenters. The topological polar surface area (TPSA) is 171 Å². The predicted octanol–water partition coefficient (Wildman–Crippen LogP) is 5.41. The van der Waals surface area contributed by atoms with E-state index in [1.807, 2.05) is 19.1 Å². The van der Waals surface area contributed by atoms with Crippen molar-refractivity contribution in [3.8, 4) is 17.0 Å². The van der Waals surface area contributed by atoms with E-state index in [0.717, 1.165) is 93.7 Å². The first kappa shape index (κ1) is 38.3. The van der Waals surface area contributed by atoms with Crippen LogP contribution in [0, 0.1) is 24.1 Å². The molecule has 3 N–H and O–H groups in total. The summed E-state index contributed by atoms with van der Waals surface area (Å²) in [6.07, 6.45) is 9.11. The number of benzene rings is 1. The molecule has 0 radical (unpaired) electrons. The maximum atomic E-state index is 15.3. The number of likely N-dealkylation sites (tertiary alicyclic amines) is 1. The highest BCUT2D eigenvalue weighted by atomic mass is 19.1. The summed E-state index contributed by atoms with van der Waals surface area (Å²) >= 11 is 0. The summed E-state index contributed by atoms with van der Waals surface area (Å²) < 4.78 is 26.8. The number of rotatable bonds is 7. The molecule has 4 aromatic rings. The number of nitrogens with zero attached hydrogens (tertiary/aromatic N) is 6. The third-order valence-electron chi connectivity index (χ3n) is 13.6. The molecule has 0 bridgehead atoms. The lowest BCUT2D eigenvalue weighted by molar-refractivity contribution is -0.136. The van der Waals surface area contributed by atoms with Gasteiger partial charge in [0, 0.05) is 61.5 Å². The van der Waals surface area contributed by atoms with Crippen molar-refractivity contribution in [2.24, 2.45) is 11.3 Å². The summed E-state index contributed by atoms with van der Waals surface area (Å²) in [5.74, 6) is 1.02. The van der Waals surface area contributed by atoms with Crippen LogP contribution < -0.4 is 25.6 Å². The van der Waals surface area contributed by atoms with E-state index in [1.165, 1.54) is 6.07 Å². The molecule has 1 aliphatic carbocycles. The number of carbonyl (C=O) groups is 4. The number of carbonyl (C=O) groups excluding carboxylic acids is 4. The normalized spacial score (nSPS) is 21.8. The van der Waals surface area contributed by atoms with Crippen molar-refractivity contribution in [2.45, 2.75) is 77.0 Å². The second-order valence-corrected chi connectivity index (χ2v) is 17.4. The zero-order chi connectivity index (χ0) is 41.1. The molecule has 10 rings (SSSR count). The van der Waals surface area contributed by atoms with Gasteiger partial charge in [-0.15, -0.1) is 0 Å². The minimum atomic E-state index is -0.645. The number of hydrogen-bond acceptors (Lipinski definition) is 12. The molecule has 3 aromatic heterocycles. The van der Waals surface area contributed by atoms with Gasteiger partial charge in [-0.2, -0.15) is 0 Å². The summed E-state index contributed by atoms with van der Waals surface area (Å²) in [4.78, 5) is 70.2. The van der Waals surface area contributed by atoms with Crippen molar-refractivity contribution in [3.63, 3.8) is 0 Å². The van der Waals surface area contributed by atoms with Gasteiger partial charge in [0.25, 0.3) is 5.91 Å². The SMILES string of the molecule is Cc1c(-c2cc3cc(NC(=O)OC4CC5(CCN(CC6CCN(c7ccc8c(n7)CN(C7CCC(=O)NC7=O)C8=O)CC6)CC5)C4)ncc3cc2F)cnc2c1NCCO2. The van der Waals surface area contributed by atoms with Crippen LogP contribution >= 0.6 is 0 Å². The number of halogens is 1. The Morgan fingerprint density at radius 3 is 2.60 bits per heavy atom. The molecule has 15 nitrogen and oxygen atoms in total. The number of aromatic nitrogens is 3. The van der Waals surface area contributed by atoms with E-state index in [2.05, 4.69) is 35.7 Å². The molecule has 312 valence electrons. The number of hydrogen-bond donors (Lipinski definition) is 3. The summed E-state index contributed by atoms with van der Waals surface area (Å²) in [6.45, 7) is 8.33. The number of imide groups is 1. The Balaban J connectivity index is 0.672. The van der Waals surface area contributed by atoms with Gasteiger partial charge in [0.2, 0.25) is 17.7 Å². The number of ether oxygens (including phenoxy) is 2. The highest BCUT2D eigenvalue weighted by molar-refractivity contribution is 6.05. The van der Waals surface area contributed by atoms with Crippen LogP contribution in [0.2, 0.25) is 0 Å². The summed E-state index contributed by atoms with van der Waals surface area (Å²) in [5, 5.41) is 9.79. The standard InChI is InChI=1S/C44H48FN9O6/c1-25-32(22-48-41-39(25)46-10-15-59-41)31-16-27-18-36(47-21-28(27)17-33(31)45)50-43(58)60-29-19-44(20-29)8-13-52(14-9-44)23-26-6-11-53(12-7-26)37-4-2-30-34(49-37)24-54(42(30)57)35-3-5-38(55)51-40(35)56/h2,4,16-18,21-22,26,29,35,46H,3,5-15,19-20,23-24H2,1H3,(H,47,50,58)(H,51,55,56). The summed E-state index contributed by atoms with van der Waals surface area (Å²) in [6, 6.07) is 8.04. The third-order valence-corrected chi connectivity index (χ3v) is 13.6. The van der Waals surface area contributed by atoms with Crippen LogP contribution in [0.1, 0.15) is 73.0 Å². The fourth-order valence-electron chi connectivity index (χ4n) is 10.1. The lowest BCUT2D eigenvalue weighted by Gasteiger charge is -2.51. The minimum Gasteiger partial charge on any atom is -0.474 e. The van der Waals surface area contributed by atoms with E-state index in [-0.39, 0.29) is 42.1 Å². The number of pyridine rings is 3. The summed E-state index contributed by atoms with van der Waals surface area (Å²) in [7, 11) is 0. The van der Waals surface area contributed by atoms with Crippen molar-refractivity contribution in [1.29, 1.82) is 0 Å². The Hall–Kier alpha value is -5.90. The second-order valence-electron chi connectivity index (χ2n) is 17.4. The Kier molecular flexibility index (Phi) is 9.76. The number of nitrogens with one attached hydrogen (secondary N) is 3. The second kappa shape index (κ2) is 15.3. The summed E-state index contributed by atoms with van der Waals surface area (Å²) in [5.41, 5.74) is 4.13. The molecule has 4 fully saturated rings. The van der Waals surface area contributed by atoms with Crippen LogP contribution in [0.3, 0.4) is 0 Å². The molecule has 3 saturated heterocycles. The average molecular weight is 818 g/mol. The number of piperidine rings is 3. The van der Waals surface area contributed by atoms with Crippen LogP contribution in [0.25, 0.3) is 21.9 Å². The van der Waals surface area contributed by atoms with Gasteiger partial charge in [0.15, 0.2) is 0 Å². The van der Waals surface area contributed by atoms with Crippen LogP contribution in [-0.4, -0.2) is 107 Å². The van der Waals surface area contributed by atoms with Crippen molar-refractivity contribution in [3.05, 3.63) is 65.4 Å². The lowest BCUT2D eigenvalue weighted by atomic mass is 9.61. The van der Waals surface area contributed by atoms with Crippen LogP contribution in [-0.2, 0) is 20.9 Å². The van der Waals surface area contributed by atoms with Gasteiger partial charge in [0.1, 0.15) is 41.9 Å². The molecule has 4 amide bonds. The third kappa shape index (κ3) is 7.24. The van der Waals surface area contributed by atoms with Crippen LogP contribution in [0.5, 0.6) is 5.88 Å². The first-order chi connectivity index (χ1) is 29.1. The highest BCUT2D eigenvalue weighted by Crippen LogP contribution is 2.50. The van der Waals surface area contributed by atoms with Gasteiger partial charge in [0.05, 0.1) is 17.8 Å². The fraction of sp³-hybridized carbons (Fsp3) is 0.477. The predicted molar refractivity (Wildman–Crippen MR) is 220 cm³/mol. The molecule has 1 aromatic carbocycles. The molecule has 60 heavy (non-hydrogen) atoms. The van der Waals surface area contributed by atoms with Gasteiger partial charge < -0.3 is 29.5 Å². The molecule has 5 aliphatic heterocycles. The molecule has 8 heterocycles. The molecule has 6 aliphatic rings. The van der Waals surface area contributed by atoms with Crippen molar-refractivity contribution < 1.29 is 33.0 Å². The van der Waals surface area contributed by atoms with E-state index < -0.39 is 18.0 Å². The molecule has 1 atom stereocenters. The van der Waals surface area contributed by atoms with Gasteiger partial charge in [-0.05, 0) is 118 Å². The van der Waals surface area contributed by atoms with Crippen molar-refractivity contribution >= 4 is 51.9 Å². The number of amides is 4. The largest absolute Gasteiger partial charge is 0.474 e. The van der Waals surface area contributed by atoms with E-state index in [9.17, 15) is 19.2 Å². The molecule has 16 heteroatoms. The van der Waals surface area contributed by atoms with Gasteiger partial charge in [-0.3, -0.25) is 25.0 Å².